The molecule has 1 N–H and O–H groups in total. The van der Waals surface area contributed by atoms with E-state index < -0.39 is 0 Å². The van der Waals surface area contributed by atoms with Crippen molar-refractivity contribution < 1.29 is 9.59 Å². The number of aryl methyl sites for hydroxylation is 1. The standard InChI is InChI=1S/C22H29N5O2.ClH/c1-25-15-17(12-24-25)19-13-23-14-20(19)22(29)26(2)18-8-10-27(11-9-18)21(28)16-6-4-3-5-7-16;/h3-7,12,15,18-20,23H,8-11,13-14H2,1-2H3;1H/t19-,20+;/m1./s1. The second-order valence-electron chi connectivity index (χ2n) is 8.16. The number of rotatable bonds is 4. The van der Waals surface area contributed by atoms with Crippen molar-refractivity contribution in [3.63, 3.8) is 0 Å². The average molecular weight is 432 g/mol. The maximum Gasteiger partial charge on any atom is 0.253 e. The molecule has 2 fully saturated rings. The molecule has 2 amide bonds. The Balaban J connectivity index is 0.00000256. The van der Waals surface area contributed by atoms with Gasteiger partial charge < -0.3 is 15.1 Å². The third-order valence-electron chi connectivity index (χ3n) is 6.35. The summed E-state index contributed by atoms with van der Waals surface area (Å²) in [6, 6.07) is 9.59. The van der Waals surface area contributed by atoms with Crippen molar-refractivity contribution in [1.82, 2.24) is 24.9 Å². The molecule has 2 aromatic rings. The van der Waals surface area contributed by atoms with Crippen LogP contribution in [0.15, 0.2) is 42.7 Å². The Bertz CT molecular complexity index is 863. The van der Waals surface area contributed by atoms with Gasteiger partial charge in [-0.15, -0.1) is 12.4 Å². The summed E-state index contributed by atoms with van der Waals surface area (Å²) in [5.74, 6) is 0.373. The first kappa shape index (κ1) is 22.3. The summed E-state index contributed by atoms with van der Waals surface area (Å²) in [5.41, 5.74) is 1.85. The highest BCUT2D eigenvalue weighted by molar-refractivity contribution is 5.94. The van der Waals surface area contributed by atoms with Gasteiger partial charge in [-0.3, -0.25) is 14.3 Å². The Hall–Kier alpha value is -2.38. The number of halogens is 1. The van der Waals surface area contributed by atoms with Gasteiger partial charge in [0.05, 0.1) is 12.1 Å². The molecule has 7 nitrogen and oxygen atoms in total. The first-order valence-corrected chi connectivity index (χ1v) is 10.3. The number of nitrogens with zero attached hydrogens (tertiary/aromatic N) is 4. The number of amides is 2. The quantitative estimate of drug-likeness (QED) is 0.802. The highest BCUT2D eigenvalue weighted by Gasteiger charge is 2.38. The fourth-order valence-electron chi connectivity index (χ4n) is 4.58. The molecule has 3 heterocycles. The van der Waals surface area contributed by atoms with Gasteiger partial charge >= 0.3 is 0 Å². The van der Waals surface area contributed by atoms with Crippen LogP contribution in [0.3, 0.4) is 0 Å². The Kier molecular flexibility index (Phi) is 7.15. The smallest absolute Gasteiger partial charge is 0.253 e. The fraction of sp³-hybridized carbons (Fsp3) is 0.500. The molecule has 2 aliphatic heterocycles. The molecule has 1 aromatic heterocycles. The predicted molar refractivity (Wildman–Crippen MR) is 118 cm³/mol. The van der Waals surface area contributed by atoms with Crippen molar-refractivity contribution >= 4 is 24.2 Å². The van der Waals surface area contributed by atoms with Crippen LogP contribution in [0.4, 0.5) is 0 Å². The predicted octanol–water partition coefficient (Wildman–Crippen LogP) is 1.91. The molecule has 0 aliphatic carbocycles. The number of aromatic nitrogens is 2. The summed E-state index contributed by atoms with van der Waals surface area (Å²) < 4.78 is 1.79. The summed E-state index contributed by atoms with van der Waals surface area (Å²) in [6.45, 7) is 2.88. The van der Waals surface area contributed by atoms with Crippen LogP contribution in [0.5, 0.6) is 0 Å². The van der Waals surface area contributed by atoms with E-state index in [9.17, 15) is 9.59 Å². The summed E-state index contributed by atoms with van der Waals surface area (Å²) in [6.07, 6.45) is 5.51. The second kappa shape index (κ2) is 9.62. The van der Waals surface area contributed by atoms with E-state index in [4.69, 9.17) is 0 Å². The summed E-state index contributed by atoms with van der Waals surface area (Å²) in [5, 5.41) is 7.64. The molecule has 0 unspecified atom stereocenters. The molecule has 8 heteroatoms. The largest absolute Gasteiger partial charge is 0.342 e. The number of carbonyl (C=O) groups excluding carboxylic acids is 2. The van der Waals surface area contributed by atoms with Crippen LogP contribution in [0, 0.1) is 5.92 Å². The number of carbonyl (C=O) groups is 2. The Labute approximate surface area is 183 Å². The van der Waals surface area contributed by atoms with Crippen molar-refractivity contribution in [1.29, 1.82) is 0 Å². The lowest BCUT2D eigenvalue weighted by Crippen LogP contribution is -2.49. The Morgan fingerprint density at radius 3 is 2.47 bits per heavy atom. The third kappa shape index (κ3) is 4.52. The lowest BCUT2D eigenvalue weighted by atomic mass is 9.89. The molecule has 2 aliphatic rings. The summed E-state index contributed by atoms with van der Waals surface area (Å²) in [4.78, 5) is 29.7. The molecule has 2 saturated heterocycles. The maximum absolute atomic E-state index is 13.3. The molecule has 162 valence electrons. The van der Waals surface area contributed by atoms with Crippen LogP contribution in [-0.2, 0) is 11.8 Å². The zero-order valence-corrected chi connectivity index (χ0v) is 18.3. The average Bonchev–Trinajstić information content (AvgIpc) is 3.42. The molecule has 0 spiro atoms. The monoisotopic (exact) mass is 431 g/mol. The number of benzene rings is 1. The lowest BCUT2D eigenvalue weighted by Gasteiger charge is -2.38. The van der Waals surface area contributed by atoms with Gasteiger partial charge in [-0.2, -0.15) is 5.10 Å². The van der Waals surface area contributed by atoms with Gasteiger partial charge in [0.25, 0.3) is 5.91 Å². The molecular formula is C22H30ClN5O2. The molecular weight excluding hydrogens is 402 g/mol. The molecule has 0 bridgehead atoms. The minimum absolute atomic E-state index is 0. The highest BCUT2D eigenvalue weighted by Crippen LogP contribution is 2.30. The van der Waals surface area contributed by atoms with E-state index in [0.29, 0.717) is 19.6 Å². The molecule has 0 radical (unpaired) electrons. The van der Waals surface area contributed by atoms with E-state index in [0.717, 1.165) is 30.5 Å². The Morgan fingerprint density at radius 2 is 1.83 bits per heavy atom. The van der Waals surface area contributed by atoms with E-state index in [1.54, 1.807) is 4.68 Å². The second-order valence-corrected chi connectivity index (χ2v) is 8.16. The lowest BCUT2D eigenvalue weighted by molar-refractivity contribution is -0.136. The first-order valence-electron chi connectivity index (χ1n) is 10.3. The van der Waals surface area contributed by atoms with Gasteiger partial charge in [-0.1, -0.05) is 18.2 Å². The van der Waals surface area contributed by atoms with E-state index in [-0.39, 0.29) is 42.1 Å². The maximum atomic E-state index is 13.3. The zero-order valence-electron chi connectivity index (χ0n) is 17.5. The van der Waals surface area contributed by atoms with Crippen LogP contribution in [-0.4, -0.2) is 70.7 Å². The molecule has 0 saturated carbocycles. The fourth-order valence-corrected chi connectivity index (χ4v) is 4.58. The van der Waals surface area contributed by atoms with E-state index in [2.05, 4.69) is 10.4 Å². The molecule has 4 rings (SSSR count). The van der Waals surface area contributed by atoms with Crippen LogP contribution >= 0.6 is 12.4 Å². The van der Waals surface area contributed by atoms with Gasteiger partial charge in [0.2, 0.25) is 5.91 Å². The number of nitrogens with one attached hydrogen (secondary N) is 1. The van der Waals surface area contributed by atoms with Crippen molar-refractivity contribution in [3.8, 4) is 0 Å². The minimum atomic E-state index is -0.0619. The summed E-state index contributed by atoms with van der Waals surface area (Å²) >= 11 is 0. The van der Waals surface area contributed by atoms with Gasteiger partial charge in [-0.05, 0) is 30.5 Å². The van der Waals surface area contributed by atoms with Crippen LogP contribution in [0.1, 0.15) is 34.7 Å². The number of likely N-dealkylation sites (tertiary alicyclic amines) is 1. The molecule has 2 atom stereocenters. The van der Waals surface area contributed by atoms with Gasteiger partial charge in [-0.25, -0.2) is 0 Å². The zero-order chi connectivity index (χ0) is 20.4. The van der Waals surface area contributed by atoms with Crippen molar-refractivity contribution in [2.24, 2.45) is 13.0 Å². The van der Waals surface area contributed by atoms with Gasteiger partial charge in [0, 0.05) is 64.0 Å². The topological polar surface area (TPSA) is 70.5 Å². The van der Waals surface area contributed by atoms with Crippen LogP contribution in [0.2, 0.25) is 0 Å². The van der Waals surface area contributed by atoms with Crippen LogP contribution < -0.4 is 5.32 Å². The molecule has 1 aromatic carbocycles. The Morgan fingerprint density at radius 1 is 1.13 bits per heavy atom. The minimum Gasteiger partial charge on any atom is -0.342 e. The van der Waals surface area contributed by atoms with E-state index >= 15 is 0 Å². The van der Waals surface area contributed by atoms with Gasteiger partial charge in [0.1, 0.15) is 0 Å². The van der Waals surface area contributed by atoms with Gasteiger partial charge in [0.15, 0.2) is 0 Å². The summed E-state index contributed by atoms with van der Waals surface area (Å²) in [7, 11) is 3.82. The van der Waals surface area contributed by atoms with E-state index in [1.165, 1.54) is 0 Å². The van der Waals surface area contributed by atoms with Crippen molar-refractivity contribution in [2.75, 3.05) is 33.2 Å². The normalized spacial score (nSPS) is 21.9. The highest BCUT2D eigenvalue weighted by atomic mass is 35.5. The first-order chi connectivity index (χ1) is 14.0. The van der Waals surface area contributed by atoms with Crippen LogP contribution in [0.25, 0.3) is 0 Å². The third-order valence-corrected chi connectivity index (χ3v) is 6.35. The number of piperidine rings is 1. The number of hydrogen-bond acceptors (Lipinski definition) is 4. The SMILES string of the molecule is CN(C(=O)[C@H]1CNC[C@@H]1c1cnn(C)c1)C1CCN(C(=O)c2ccccc2)CC1.Cl. The number of hydrogen-bond donors (Lipinski definition) is 1. The molecule has 30 heavy (non-hydrogen) atoms. The van der Waals surface area contributed by atoms with Crippen molar-refractivity contribution in [3.05, 3.63) is 53.9 Å². The van der Waals surface area contributed by atoms with E-state index in [1.807, 2.05) is 66.6 Å². The van der Waals surface area contributed by atoms with Crippen molar-refractivity contribution in [2.45, 2.75) is 24.8 Å².